The standard InChI is InChI=1S/C55H100O6/c1-4-7-10-13-16-19-22-25-27-28-31-33-36-39-42-45-48-54(57)60-51-52(50-59-53(56)47-44-41-38-35-32-29-24-21-18-15-12-9-6-3)61-55(58)49-46-43-40-37-34-30-26-23-20-17-14-11-8-5-2/h14,17,21,23-24,26,52H,4-13,15-16,18-20,22,25,27-51H2,1-3H3/b17-14-,24-21-,26-23-/t52-/m1/s1. The van der Waals surface area contributed by atoms with Crippen LogP contribution in [0.25, 0.3) is 0 Å². The predicted octanol–water partition coefficient (Wildman–Crippen LogP) is 17.3. The molecular weight excluding hydrogens is 757 g/mol. The first-order valence-electron chi connectivity index (χ1n) is 26.5. The topological polar surface area (TPSA) is 78.9 Å². The van der Waals surface area contributed by atoms with Gasteiger partial charge in [-0.1, -0.05) is 224 Å². The van der Waals surface area contributed by atoms with Crippen LogP contribution in [0, 0.1) is 0 Å². The number of hydrogen-bond acceptors (Lipinski definition) is 6. The normalized spacial score (nSPS) is 12.2. The summed E-state index contributed by atoms with van der Waals surface area (Å²) in [6.45, 7) is 6.59. The third-order valence-corrected chi connectivity index (χ3v) is 11.6. The molecule has 1 atom stereocenters. The lowest BCUT2D eigenvalue weighted by molar-refractivity contribution is -0.167. The van der Waals surface area contributed by atoms with E-state index in [0.29, 0.717) is 19.3 Å². The van der Waals surface area contributed by atoms with Gasteiger partial charge in [0.25, 0.3) is 0 Å². The lowest BCUT2D eigenvalue weighted by atomic mass is 10.0. The summed E-state index contributed by atoms with van der Waals surface area (Å²) in [7, 11) is 0. The van der Waals surface area contributed by atoms with E-state index in [2.05, 4.69) is 57.2 Å². The molecule has 0 saturated heterocycles. The number of allylic oxidation sites excluding steroid dienone is 6. The van der Waals surface area contributed by atoms with Crippen molar-refractivity contribution in [1.82, 2.24) is 0 Å². The van der Waals surface area contributed by atoms with Gasteiger partial charge in [-0.15, -0.1) is 0 Å². The van der Waals surface area contributed by atoms with Gasteiger partial charge in [-0.25, -0.2) is 0 Å². The quantitative estimate of drug-likeness (QED) is 0.0262. The van der Waals surface area contributed by atoms with Crippen LogP contribution in [0.15, 0.2) is 36.5 Å². The molecule has 0 aromatic rings. The molecule has 0 rings (SSSR count). The fourth-order valence-electron chi connectivity index (χ4n) is 7.57. The van der Waals surface area contributed by atoms with E-state index in [1.807, 2.05) is 0 Å². The SMILES string of the molecule is CCCC/C=C\C/C=C\CCCCCCCC(=O)O[C@H](COC(=O)CCCCCCC/C=C\CCCCCC)COC(=O)CCCCCCCCCCCCCCCCCC. The summed E-state index contributed by atoms with van der Waals surface area (Å²) < 4.78 is 16.8. The van der Waals surface area contributed by atoms with E-state index in [0.717, 1.165) is 89.9 Å². The molecule has 0 bridgehead atoms. The molecular formula is C55H100O6. The second-order valence-corrected chi connectivity index (χ2v) is 17.8. The zero-order valence-electron chi connectivity index (χ0n) is 40.7. The Morgan fingerprint density at radius 2 is 0.607 bits per heavy atom. The van der Waals surface area contributed by atoms with E-state index in [1.54, 1.807) is 0 Å². The number of rotatable bonds is 48. The average molecular weight is 857 g/mol. The number of carbonyl (C=O) groups is 3. The van der Waals surface area contributed by atoms with E-state index < -0.39 is 6.10 Å². The molecule has 61 heavy (non-hydrogen) atoms. The highest BCUT2D eigenvalue weighted by molar-refractivity contribution is 5.71. The van der Waals surface area contributed by atoms with Gasteiger partial charge in [0.2, 0.25) is 0 Å². The van der Waals surface area contributed by atoms with E-state index in [1.165, 1.54) is 148 Å². The van der Waals surface area contributed by atoms with E-state index in [4.69, 9.17) is 14.2 Å². The summed E-state index contributed by atoms with van der Waals surface area (Å²) in [5.41, 5.74) is 0. The van der Waals surface area contributed by atoms with Crippen molar-refractivity contribution in [3.63, 3.8) is 0 Å². The van der Waals surface area contributed by atoms with Crippen LogP contribution in [0.4, 0.5) is 0 Å². The van der Waals surface area contributed by atoms with Crippen molar-refractivity contribution in [3.8, 4) is 0 Å². The zero-order valence-corrected chi connectivity index (χ0v) is 40.7. The van der Waals surface area contributed by atoms with Crippen LogP contribution in [-0.2, 0) is 28.6 Å². The first-order chi connectivity index (χ1) is 30.0. The van der Waals surface area contributed by atoms with Gasteiger partial charge in [0, 0.05) is 19.3 Å². The predicted molar refractivity (Wildman–Crippen MR) is 261 cm³/mol. The van der Waals surface area contributed by atoms with Gasteiger partial charge < -0.3 is 14.2 Å². The summed E-state index contributed by atoms with van der Waals surface area (Å²) in [4.78, 5) is 38.0. The molecule has 0 N–H and O–H groups in total. The Labute approximate surface area is 378 Å². The van der Waals surface area contributed by atoms with Crippen molar-refractivity contribution >= 4 is 17.9 Å². The van der Waals surface area contributed by atoms with Gasteiger partial charge in [-0.2, -0.15) is 0 Å². The summed E-state index contributed by atoms with van der Waals surface area (Å²) >= 11 is 0. The van der Waals surface area contributed by atoms with Crippen molar-refractivity contribution < 1.29 is 28.6 Å². The van der Waals surface area contributed by atoms with Gasteiger partial charge in [0.05, 0.1) is 0 Å². The minimum Gasteiger partial charge on any atom is -0.462 e. The van der Waals surface area contributed by atoms with Crippen LogP contribution in [-0.4, -0.2) is 37.2 Å². The molecule has 0 amide bonds. The van der Waals surface area contributed by atoms with Crippen LogP contribution in [0.2, 0.25) is 0 Å². The van der Waals surface area contributed by atoms with E-state index in [-0.39, 0.29) is 31.1 Å². The number of unbranched alkanes of at least 4 members (excludes halogenated alkanes) is 31. The number of hydrogen-bond donors (Lipinski definition) is 0. The first-order valence-corrected chi connectivity index (χ1v) is 26.5. The molecule has 0 aliphatic rings. The molecule has 0 saturated carbocycles. The average Bonchev–Trinajstić information content (AvgIpc) is 3.26. The molecule has 6 heteroatoms. The fourth-order valence-corrected chi connectivity index (χ4v) is 7.57. The lowest BCUT2D eigenvalue weighted by Crippen LogP contribution is -2.30. The maximum Gasteiger partial charge on any atom is 0.306 e. The van der Waals surface area contributed by atoms with Crippen LogP contribution in [0.5, 0.6) is 0 Å². The molecule has 0 aromatic heterocycles. The van der Waals surface area contributed by atoms with Crippen molar-refractivity contribution in [1.29, 1.82) is 0 Å². The van der Waals surface area contributed by atoms with Crippen molar-refractivity contribution in [2.75, 3.05) is 13.2 Å². The van der Waals surface area contributed by atoms with E-state index >= 15 is 0 Å². The smallest absolute Gasteiger partial charge is 0.306 e. The Balaban J connectivity index is 4.37. The Hall–Kier alpha value is -2.37. The van der Waals surface area contributed by atoms with Gasteiger partial charge in [-0.05, 0) is 70.6 Å². The second kappa shape index (κ2) is 50.3. The Bertz CT molecular complexity index is 1030. The Morgan fingerprint density at radius 1 is 0.328 bits per heavy atom. The van der Waals surface area contributed by atoms with Crippen molar-refractivity contribution in [2.24, 2.45) is 0 Å². The van der Waals surface area contributed by atoms with Crippen LogP contribution in [0.1, 0.15) is 278 Å². The summed E-state index contributed by atoms with van der Waals surface area (Å²) in [6, 6.07) is 0. The Kier molecular flexibility index (Phi) is 48.3. The third kappa shape index (κ3) is 48.5. The third-order valence-electron chi connectivity index (χ3n) is 11.6. The lowest BCUT2D eigenvalue weighted by Gasteiger charge is -2.18. The molecule has 356 valence electrons. The van der Waals surface area contributed by atoms with Gasteiger partial charge in [-0.3, -0.25) is 14.4 Å². The summed E-state index contributed by atoms with van der Waals surface area (Å²) in [5, 5.41) is 0. The largest absolute Gasteiger partial charge is 0.462 e. The number of esters is 3. The summed E-state index contributed by atoms with van der Waals surface area (Å²) in [6.07, 6.45) is 58.4. The highest BCUT2D eigenvalue weighted by Crippen LogP contribution is 2.16. The van der Waals surface area contributed by atoms with Gasteiger partial charge in [0.15, 0.2) is 6.10 Å². The monoisotopic (exact) mass is 857 g/mol. The maximum absolute atomic E-state index is 12.8. The molecule has 0 fully saturated rings. The van der Waals surface area contributed by atoms with Crippen LogP contribution < -0.4 is 0 Å². The fraction of sp³-hybridized carbons (Fsp3) is 0.836. The highest BCUT2D eigenvalue weighted by atomic mass is 16.6. The molecule has 0 aliphatic heterocycles. The molecule has 0 radical (unpaired) electrons. The molecule has 6 nitrogen and oxygen atoms in total. The van der Waals surface area contributed by atoms with Gasteiger partial charge in [0.1, 0.15) is 13.2 Å². The molecule has 0 heterocycles. The molecule has 0 unspecified atom stereocenters. The minimum absolute atomic E-state index is 0.0774. The first kappa shape index (κ1) is 58.6. The van der Waals surface area contributed by atoms with Crippen molar-refractivity contribution in [3.05, 3.63) is 36.5 Å². The second-order valence-electron chi connectivity index (χ2n) is 17.8. The van der Waals surface area contributed by atoms with Crippen LogP contribution >= 0.6 is 0 Å². The zero-order chi connectivity index (χ0) is 44.4. The highest BCUT2D eigenvalue weighted by Gasteiger charge is 2.19. The van der Waals surface area contributed by atoms with Crippen molar-refractivity contribution in [2.45, 2.75) is 284 Å². The molecule has 0 spiro atoms. The summed E-state index contributed by atoms with van der Waals surface area (Å²) in [5.74, 6) is -0.889. The number of ether oxygens (including phenoxy) is 3. The van der Waals surface area contributed by atoms with Gasteiger partial charge >= 0.3 is 17.9 Å². The number of carbonyl (C=O) groups excluding carboxylic acids is 3. The van der Waals surface area contributed by atoms with Crippen LogP contribution in [0.3, 0.4) is 0 Å². The maximum atomic E-state index is 12.8. The Morgan fingerprint density at radius 3 is 0.984 bits per heavy atom. The minimum atomic E-state index is -0.779. The molecule has 0 aliphatic carbocycles. The molecule has 0 aromatic carbocycles. The van der Waals surface area contributed by atoms with E-state index in [9.17, 15) is 14.4 Å².